The maximum absolute atomic E-state index is 13.2. The van der Waals surface area contributed by atoms with Gasteiger partial charge in [0, 0.05) is 6.54 Å². The first-order valence-corrected chi connectivity index (χ1v) is 9.93. The molecule has 1 heterocycles. The van der Waals surface area contributed by atoms with Crippen molar-refractivity contribution < 1.29 is 4.79 Å². The van der Waals surface area contributed by atoms with Gasteiger partial charge in [0.25, 0.3) is 11.5 Å². The number of nitrogens with zero attached hydrogens (tertiary/aromatic N) is 3. The molecule has 3 rings (SSSR count). The van der Waals surface area contributed by atoms with E-state index in [-0.39, 0.29) is 5.56 Å². The van der Waals surface area contributed by atoms with Crippen LogP contribution in [0.3, 0.4) is 0 Å². The molecule has 2 aromatic carbocycles. The van der Waals surface area contributed by atoms with Crippen molar-refractivity contribution in [2.75, 3.05) is 6.54 Å². The predicted molar refractivity (Wildman–Crippen MR) is 113 cm³/mol. The second-order valence-corrected chi connectivity index (χ2v) is 7.56. The lowest BCUT2D eigenvalue weighted by Crippen LogP contribution is -2.40. The maximum atomic E-state index is 13.2. The molecule has 0 spiro atoms. The van der Waals surface area contributed by atoms with E-state index in [1.54, 1.807) is 16.7 Å². The van der Waals surface area contributed by atoms with E-state index in [1.165, 1.54) is 4.90 Å². The van der Waals surface area contributed by atoms with Gasteiger partial charge in [-0.05, 0) is 31.5 Å². The molecule has 146 valence electrons. The third-order valence-corrected chi connectivity index (χ3v) is 5.10. The second kappa shape index (κ2) is 8.76. The van der Waals surface area contributed by atoms with Crippen LogP contribution in [0.5, 0.6) is 0 Å². The number of halogens is 2. The summed E-state index contributed by atoms with van der Waals surface area (Å²) in [5.74, 6) is 0.0868. The molecule has 0 bridgehead atoms. The van der Waals surface area contributed by atoms with E-state index in [0.717, 1.165) is 5.56 Å². The van der Waals surface area contributed by atoms with Gasteiger partial charge in [0.2, 0.25) is 0 Å². The fourth-order valence-corrected chi connectivity index (χ4v) is 3.56. The van der Waals surface area contributed by atoms with E-state index in [9.17, 15) is 9.59 Å². The summed E-state index contributed by atoms with van der Waals surface area (Å²) in [7, 11) is 0. The normalized spacial score (nSPS) is 12.3. The standard InChI is InChI=1S/C21H21Cl2N3O2/c1-3-25(21(28)18(22)23)14(2)19-24-17-12-8-7-11-16(17)20(27)26(19)13-15-9-5-4-6-10-15/h4-12,14,18H,3,13H2,1-2H3/t14-/m0/s1. The van der Waals surface area contributed by atoms with Crippen molar-refractivity contribution in [3.8, 4) is 0 Å². The molecular weight excluding hydrogens is 397 g/mol. The van der Waals surface area contributed by atoms with Crippen LogP contribution in [0.15, 0.2) is 59.4 Å². The van der Waals surface area contributed by atoms with Crippen molar-refractivity contribution in [1.29, 1.82) is 0 Å². The van der Waals surface area contributed by atoms with Gasteiger partial charge in [0.1, 0.15) is 5.82 Å². The van der Waals surface area contributed by atoms with Gasteiger partial charge in [-0.3, -0.25) is 14.2 Å². The number of alkyl halides is 2. The van der Waals surface area contributed by atoms with E-state index in [2.05, 4.69) is 0 Å². The van der Waals surface area contributed by atoms with Crippen LogP contribution < -0.4 is 5.56 Å². The molecule has 0 saturated carbocycles. The topological polar surface area (TPSA) is 55.2 Å². The molecule has 0 aliphatic heterocycles. The van der Waals surface area contributed by atoms with Crippen LogP contribution in [-0.2, 0) is 11.3 Å². The molecule has 0 N–H and O–H groups in total. The number of aromatic nitrogens is 2. The van der Waals surface area contributed by atoms with Crippen molar-refractivity contribution in [2.24, 2.45) is 0 Å². The summed E-state index contributed by atoms with van der Waals surface area (Å²) in [6.07, 6.45) is 0. The Kier molecular flexibility index (Phi) is 6.37. The van der Waals surface area contributed by atoms with E-state index in [4.69, 9.17) is 28.2 Å². The van der Waals surface area contributed by atoms with Crippen molar-refractivity contribution in [2.45, 2.75) is 31.3 Å². The van der Waals surface area contributed by atoms with Crippen LogP contribution in [0, 0.1) is 0 Å². The lowest BCUT2D eigenvalue weighted by molar-refractivity contribution is -0.131. The minimum atomic E-state index is -1.17. The number of benzene rings is 2. The van der Waals surface area contributed by atoms with E-state index in [1.807, 2.05) is 56.3 Å². The first kappa shape index (κ1) is 20.4. The molecule has 1 atom stereocenters. The van der Waals surface area contributed by atoms with Crippen LogP contribution in [0.4, 0.5) is 0 Å². The molecule has 0 fully saturated rings. The van der Waals surface area contributed by atoms with Gasteiger partial charge in [-0.15, -0.1) is 0 Å². The smallest absolute Gasteiger partial charge is 0.261 e. The summed E-state index contributed by atoms with van der Waals surface area (Å²) < 4.78 is 1.62. The SMILES string of the molecule is CCN(C(=O)C(Cl)Cl)[C@@H](C)c1nc2ccccc2c(=O)n1Cc1ccccc1. The van der Waals surface area contributed by atoms with Crippen LogP contribution in [0.1, 0.15) is 31.3 Å². The Morgan fingerprint density at radius 3 is 2.39 bits per heavy atom. The number of hydrogen-bond acceptors (Lipinski definition) is 3. The van der Waals surface area contributed by atoms with Crippen molar-refractivity contribution in [3.05, 3.63) is 76.3 Å². The Labute approximate surface area is 173 Å². The van der Waals surface area contributed by atoms with Crippen molar-refractivity contribution in [3.63, 3.8) is 0 Å². The zero-order valence-electron chi connectivity index (χ0n) is 15.7. The lowest BCUT2D eigenvalue weighted by atomic mass is 10.1. The molecule has 0 radical (unpaired) electrons. The average Bonchev–Trinajstić information content (AvgIpc) is 2.71. The maximum Gasteiger partial charge on any atom is 0.261 e. The minimum Gasteiger partial charge on any atom is -0.331 e. The average molecular weight is 418 g/mol. The predicted octanol–water partition coefficient (Wildman–Crippen LogP) is 4.16. The fourth-order valence-electron chi connectivity index (χ4n) is 3.31. The van der Waals surface area contributed by atoms with Crippen molar-refractivity contribution in [1.82, 2.24) is 14.5 Å². The van der Waals surface area contributed by atoms with E-state index < -0.39 is 16.8 Å². The molecular formula is C21H21Cl2N3O2. The van der Waals surface area contributed by atoms with Crippen LogP contribution in [0.25, 0.3) is 10.9 Å². The fraction of sp³-hybridized carbons (Fsp3) is 0.286. The Morgan fingerprint density at radius 1 is 1.11 bits per heavy atom. The van der Waals surface area contributed by atoms with Gasteiger partial charge in [-0.2, -0.15) is 0 Å². The first-order chi connectivity index (χ1) is 13.4. The molecule has 3 aromatic rings. The summed E-state index contributed by atoms with van der Waals surface area (Å²) in [5, 5.41) is 0.538. The number of carbonyl (C=O) groups excluding carboxylic acids is 1. The van der Waals surface area contributed by atoms with Gasteiger partial charge in [-0.25, -0.2) is 4.98 Å². The second-order valence-electron chi connectivity index (χ2n) is 6.46. The molecule has 1 amide bonds. The zero-order chi connectivity index (χ0) is 20.3. The van der Waals surface area contributed by atoms with Gasteiger partial charge in [0.05, 0.1) is 23.5 Å². The highest BCUT2D eigenvalue weighted by Crippen LogP contribution is 2.23. The van der Waals surface area contributed by atoms with Crippen LogP contribution in [0.2, 0.25) is 0 Å². The van der Waals surface area contributed by atoms with Gasteiger partial charge < -0.3 is 4.90 Å². The third kappa shape index (κ3) is 4.05. The van der Waals surface area contributed by atoms with Crippen molar-refractivity contribution >= 4 is 40.0 Å². The van der Waals surface area contributed by atoms with Crippen LogP contribution in [-0.4, -0.2) is 31.7 Å². The van der Waals surface area contributed by atoms with Crippen LogP contribution >= 0.6 is 23.2 Å². The Bertz CT molecular complexity index is 1030. The highest BCUT2D eigenvalue weighted by atomic mass is 35.5. The van der Waals surface area contributed by atoms with E-state index >= 15 is 0 Å². The molecule has 0 aliphatic carbocycles. The number of para-hydroxylation sites is 1. The molecule has 28 heavy (non-hydrogen) atoms. The summed E-state index contributed by atoms with van der Waals surface area (Å²) in [5.41, 5.74) is 1.42. The number of carbonyl (C=O) groups is 1. The van der Waals surface area contributed by atoms with Gasteiger partial charge in [-0.1, -0.05) is 65.7 Å². The number of fused-ring (bicyclic) bond motifs is 1. The molecule has 0 saturated heterocycles. The highest BCUT2D eigenvalue weighted by molar-refractivity contribution is 6.53. The molecule has 0 unspecified atom stereocenters. The Balaban J connectivity index is 2.17. The monoisotopic (exact) mass is 417 g/mol. The molecule has 7 heteroatoms. The quantitative estimate of drug-likeness (QED) is 0.565. The summed E-state index contributed by atoms with van der Waals surface area (Å²) >= 11 is 11.6. The summed E-state index contributed by atoms with van der Waals surface area (Å²) in [6.45, 7) is 4.42. The van der Waals surface area contributed by atoms with Gasteiger partial charge >= 0.3 is 0 Å². The molecule has 0 aliphatic rings. The Morgan fingerprint density at radius 2 is 1.75 bits per heavy atom. The summed E-state index contributed by atoms with van der Waals surface area (Å²) in [4.78, 5) is 30.8. The third-order valence-electron chi connectivity index (χ3n) is 4.73. The Hall–Kier alpha value is -2.37. The first-order valence-electron chi connectivity index (χ1n) is 9.06. The zero-order valence-corrected chi connectivity index (χ0v) is 17.2. The number of hydrogen-bond donors (Lipinski definition) is 0. The number of rotatable bonds is 6. The minimum absolute atomic E-state index is 0.145. The number of amides is 1. The molecule has 1 aromatic heterocycles. The highest BCUT2D eigenvalue weighted by Gasteiger charge is 2.28. The summed E-state index contributed by atoms with van der Waals surface area (Å²) in [6, 6.07) is 16.4. The largest absolute Gasteiger partial charge is 0.331 e. The molecule has 5 nitrogen and oxygen atoms in total. The van der Waals surface area contributed by atoms with Gasteiger partial charge in [0.15, 0.2) is 4.84 Å². The lowest BCUT2D eigenvalue weighted by Gasteiger charge is -2.30. The van der Waals surface area contributed by atoms with E-state index in [0.29, 0.717) is 29.8 Å².